The monoisotopic (exact) mass is 540 g/mol. The maximum Gasteiger partial charge on any atom is 0.295 e. The molecule has 11 nitrogen and oxygen atoms in total. The minimum Gasteiger partial charge on any atom is -0.507 e. The molecule has 3 heterocycles. The molecule has 2 aromatic carbocycles. The summed E-state index contributed by atoms with van der Waals surface area (Å²) in [5.41, 5.74) is 0.649. The first-order valence-electron chi connectivity index (χ1n) is 12.7. The van der Waals surface area contributed by atoms with Crippen LogP contribution in [0.1, 0.15) is 30.0 Å². The van der Waals surface area contributed by atoms with Crippen molar-refractivity contribution >= 4 is 17.4 Å². The third-order valence-electron chi connectivity index (χ3n) is 7.36. The highest BCUT2D eigenvalue weighted by molar-refractivity contribution is 6.46. The first-order chi connectivity index (χ1) is 18.9. The Kier molecular flexibility index (Phi) is 7.42. The van der Waals surface area contributed by atoms with Crippen molar-refractivity contribution in [1.29, 1.82) is 0 Å². The number of ketones is 1. The summed E-state index contributed by atoms with van der Waals surface area (Å²) >= 11 is 0. The Morgan fingerprint density at radius 1 is 0.897 bits per heavy atom. The number of aliphatic hydroxyl groups is 1. The van der Waals surface area contributed by atoms with E-state index in [1.54, 1.807) is 24.3 Å². The van der Waals surface area contributed by atoms with Crippen molar-refractivity contribution in [3.63, 3.8) is 0 Å². The predicted octanol–water partition coefficient (Wildman–Crippen LogP) is 2.97. The Hall–Kier alpha value is -4.12. The smallest absolute Gasteiger partial charge is 0.295 e. The highest BCUT2D eigenvalue weighted by Gasteiger charge is 2.48. The van der Waals surface area contributed by atoms with Gasteiger partial charge in [-0.2, -0.15) is 0 Å². The number of likely N-dealkylation sites (tertiary alicyclic amines) is 2. The SMILES string of the molecule is COc1ccc(/C(O)=C2\C(=O)C(=O)N(CCN3CCCC3)C2c2cc(OC)c3c(c2OC)OCO3)cc1OC. The summed E-state index contributed by atoms with van der Waals surface area (Å²) in [5.74, 6) is 0.292. The molecule has 2 aromatic rings. The molecule has 0 saturated carbocycles. The molecule has 1 unspecified atom stereocenters. The number of carbonyl (C=O) groups is 2. The fourth-order valence-corrected chi connectivity index (χ4v) is 5.43. The Labute approximate surface area is 226 Å². The Morgan fingerprint density at radius 3 is 2.26 bits per heavy atom. The number of aliphatic hydroxyl groups excluding tert-OH is 1. The van der Waals surface area contributed by atoms with Gasteiger partial charge in [0.1, 0.15) is 5.76 Å². The molecule has 0 aromatic heterocycles. The van der Waals surface area contributed by atoms with Crippen molar-refractivity contribution in [3.8, 4) is 34.5 Å². The number of amides is 1. The zero-order chi connectivity index (χ0) is 27.7. The van der Waals surface area contributed by atoms with E-state index in [-0.39, 0.29) is 24.7 Å². The van der Waals surface area contributed by atoms with Crippen LogP contribution in [0.4, 0.5) is 0 Å². The van der Waals surface area contributed by atoms with Crippen LogP contribution in [0.5, 0.6) is 34.5 Å². The predicted molar refractivity (Wildman–Crippen MR) is 140 cm³/mol. The molecular weight excluding hydrogens is 508 g/mol. The van der Waals surface area contributed by atoms with Crippen LogP contribution >= 0.6 is 0 Å². The lowest BCUT2D eigenvalue weighted by Gasteiger charge is -2.29. The molecule has 0 aliphatic carbocycles. The molecule has 0 bridgehead atoms. The van der Waals surface area contributed by atoms with E-state index in [2.05, 4.69) is 4.90 Å². The molecule has 1 N–H and O–H groups in total. The summed E-state index contributed by atoms with van der Waals surface area (Å²) in [7, 11) is 5.94. The summed E-state index contributed by atoms with van der Waals surface area (Å²) in [5, 5.41) is 11.5. The van der Waals surface area contributed by atoms with Crippen LogP contribution in [0.25, 0.3) is 5.76 Å². The molecule has 3 aliphatic heterocycles. The van der Waals surface area contributed by atoms with E-state index in [1.807, 2.05) is 0 Å². The van der Waals surface area contributed by atoms with Crippen LogP contribution in [0.15, 0.2) is 29.8 Å². The lowest BCUT2D eigenvalue weighted by atomic mass is 9.93. The number of hydrogen-bond donors (Lipinski definition) is 1. The molecule has 5 rings (SSSR count). The zero-order valence-corrected chi connectivity index (χ0v) is 22.4. The van der Waals surface area contributed by atoms with Gasteiger partial charge >= 0.3 is 0 Å². The van der Waals surface area contributed by atoms with Crippen molar-refractivity contribution in [1.82, 2.24) is 9.80 Å². The van der Waals surface area contributed by atoms with Gasteiger partial charge in [0.25, 0.3) is 11.7 Å². The minimum absolute atomic E-state index is 0.0354. The third-order valence-corrected chi connectivity index (χ3v) is 7.36. The number of fused-ring (bicyclic) bond motifs is 1. The molecule has 1 atom stereocenters. The molecule has 2 fully saturated rings. The van der Waals surface area contributed by atoms with Gasteiger partial charge in [-0.05, 0) is 50.2 Å². The second-order valence-electron chi connectivity index (χ2n) is 9.38. The van der Waals surface area contributed by atoms with E-state index in [9.17, 15) is 14.7 Å². The second kappa shape index (κ2) is 10.9. The summed E-state index contributed by atoms with van der Waals surface area (Å²) in [6.45, 7) is 2.69. The van der Waals surface area contributed by atoms with Crippen LogP contribution in [0.2, 0.25) is 0 Å². The number of hydrogen-bond acceptors (Lipinski definition) is 10. The van der Waals surface area contributed by atoms with Crippen LogP contribution in [-0.4, -0.2) is 88.0 Å². The number of rotatable bonds is 9. The summed E-state index contributed by atoms with van der Waals surface area (Å²) < 4.78 is 33.3. The number of carbonyl (C=O) groups excluding carboxylic acids is 2. The van der Waals surface area contributed by atoms with Gasteiger partial charge in [0.2, 0.25) is 18.3 Å². The summed E-state index contributed by atoms with van der Waals surface area (Å²) in [6.07, 6.45) is 2.18. The van der Waals surface area contributed by atoms with Crippen LogP contribution in [-0.2, 0) is 9.59 Å². The lowest BCUT2D eigenvalue weighted by Crippen LogP contribution is -2.37. The van der Waals surface area contributed by atoms with Crippen molar-refractivity contribution < 1.29 is 43.1 Å². The van der Waals surface area contributed by atoms with E-state index in [4.69, 9.17) is 28.4 Å². The van der Waals surface area contributed by atoms with Gasteiger partial charge in [-0.25, -0.2) is 0 Å². The fourth-order valence-electron chi connectivity index (χ4n) is 5.43. The molecule has 2 saturated heterocycles. The van der Waals surface area contributed by atoms with Crippen molar-refractivity contribution in [2.75, 3.05) is 61.4 Å². The van der Waals surface area contributed by atoms with Gasteiger partial charge in [0.05, 0.1) is 40.1 Å². The molecule has 1 amide bonds. The Morgan fingerprint density at radius 2 is 1.59 bits per heavy atom. The van der Waals surface area contributed by atoms with Gasteiger partial charge in [-0.1, -0.05) is 0 Å². The first kappa shape index (κ1) is 26.5. The van der Waals surface area contributed by atoms with E-state index in [1.165, 1.54) is 33.3 Å². The number of benzene rings is 2. The standard InChI is InChI=1S/C28H32N2O9/c1-34-18-8-7-16(13-19(18)35-2)23(31)21-22(30(28(33)24(21)32)12-11-29-9-5-6-10-29)17-14-20(36-3)26-27(25(17)37-4)39-15-38-26/h7-8,13-14,22,31H,5-6,9-12,15H2,1-4H3/b23-21+. The average molecular weight is 541 g/mol. The van der Waals surface area contributed by atoms with Crippen LogP contribution < -0.4 is 28.4 Å². The van der Waals surface area contributed by atoms with Crippen LogP contribution in [0.3, 0.4) is 0 Å². The maximum absolute atomic E-state index is 13.6. The van der Waals surface area contributed by atoms with Gasteiger partial charge in [0, 0.05) is 24.2 Å². The lowest BCUT2D eigenvalue weighted by molar-refractivity contribution is -0.140. The van der Waals surface area contributed by atoms with E-state index in [0.717, 1.165) is 25.9 Å². The Bertz CT molecular complexity index is 1320. The van der Waals surface area contributed by atoms with Crippen LogP contribution in [0, 0.1) is 0 Å². The Balaban J connectivity index is 1.68. The third kappa shape index (κ3) is 4.56. The maximum atomic E-state index is 13.6. The van der Waals surface area contributed by atoms with Gasteiger partial charge in [0.15, 0.2) is 23.0 Å². The van der Waals surface area contributed by atoms with Crippen molar-refractivity contribution in [2.45, 2.75) is 18.9 Å². The molecule has 0 radical (unpaired) electrons. The van der Waals surface area contributed by atoms with E-state index < -0.39 is 17.7 Å². The molecule has 208 valence electrons. The quantitative estimate of drug-likeness (QED) is 0.289. The number of Topliss-reactive ketones (excluding diaryl/α,β-unsaturated/α-hetero) is 1. The molecule has 11 heteroatoms. The topological polar surface area (TPSA) is 116 Å². The van der Waals surface area contributed by atoms with Gasteiger partial charge in [-0.3, -0.25) is 9.59 Å². The summed E-state index contributed by atoms with van der Waals surface area (Å²) in [6, 6.07) is 5.46. The highest BCUT2D eigenvalue weighted by atomic mass is 16.7. The minimum atomic E-state index is -0.973. The first-order valence-corrected chi connectivity index (χ1v) is 12.7. The largest absolute Gasteiger partial charge is 0.507 e. The molecule has 0 spiro atoms. The zero-order valence-electron chi connectivity index (χ0n) is 22.4. The van der Waals surface area contributed by atoms with Crippen molar-refractivity contribution in [3.05, 3.63) is 41.0 Å². The summed E-state index contributed by atoms with van der Waals surface area (Å²) in [4.78, 5) is 30.8. The van der Waals surface area contributed by atoms with E-state index in [0.29, 0.717) is 52.2 Å². The second-order valence-corrected chi connectivity index (χ2v) is 9.38. The van der Waals surface area contributed by atoms with Gasteiger partial charge < -0.3 is 43.3 Å². The molecule has 3 aliphatic rings. The molecular formula is C28H32N2O9. The average Bonchev–Trinajstić information content (AvgIpc) is 3.71. The van der Waals surface area contributed by atoms with E-state index >= 15 is 0 Å². The number of nitrogens with zero attached hydrogens (tertiary/aromatic N) is 2. The number of methoxy groups -OCH3 is 4. The fraction of sp³-hybridized carbons (Fsp3) is 0.429. The van der Waals surface area contributed by atoms with Crippen molar-refractivity contribution in [2.24, 2.45) is 0 Å². The normalized spacial score (nSPS) is 20.0. The molecule has 39 heavy (non-hydrogen) atoms. The number of ether oxygens (including phenoxy) is 6. The van der Waals surface area contributed by atoms with Gasteiger partial charge in [-0.15, -0.1) is 0 Å². The highest BCUT2D eigenvalue weighted by Crippen LogP contribution is 2.54.